The first-order chi connectivity index (χ1) is 23.7. The Balaban J connectivity index is 1.41. The summed E-state index contributed by atoms with van der Waals surface area (Å²) in [7, 11) is 0. The van der Waals surface area contributed by atoms with Crippen molar-refractivity contribution in [3.8, 4) is 16.8 Å². The molecule has 5 heteroatoms. The quantitative estimate of drug-likeness (QED) is 0.155. The third kappa shape index (κ3) is 2.79. The van der Waals surface area contributed by atoms with Gasteiger partial charge in [-0.25, -0.2) is 0 Å². The largest absolute Gasteiger partial charge is 0.455 e. The Morgan fingerprint density at radius 2 is 1.08 bits per heavy atom. The molecule has 1 unspecified atom stereocenters. The van der Waals surface area contributed by atoms with Crippen LogP contribution in [0.1, 0.15) is 22.3 Å². The molecule has 0 bridgehead atoms. The van der Waals surface area contributed by atoms with E-state index in [1.165, 1.54) is 55.3 Å². The molecular weight excluding hydrogens is 722 g/mol. The molecule has 12 rings (SSSR count). The van der Waals surface area contributed by atoms with Gasteiger partial charge in [-0.05, 0) is 74.6 Å². The Bertz CT molecular complexity index is 3110. The van der Waals surface area contributed by atoms with Crippen LogP contribution in [-0.2, 0) is 5.41 Å². The number of fused-ring (bicyclic) bond motifs is 20. The fourth-order valence-electron chi connectivity index (χ4n) is 9.24. The minimum Gasteiger partial charge on any atom is -0.455 e. The molecule has 0 N–H and O–H groups in total. The second-order valence-electron chi connectivity index (χ2n) is 13.0. The maximum atomic E-state index is 6.94. The monoisotopic (exact) mass is 741 g/mol. The number of nitrogens with zero attached hydrogens (tertiary/aromatic N) is 1. The molecule has 4 heterocycles. The highest BCUT2D eigenvalue weighted by atomic mass is 79.9. The van der Waals surface area contributed by atoms with Gasteiger partial charge in [-0.1, -0.05) is 107 Å². The van der Waals surface area contributed by atoms with Crippen molar-refractivity contribution in [2.75, 3.05) is 0 Å². The number of rotatable bonds is 0. The molecule has 0 saturated carbocycles. The average molecular weight is 743 g/mol. The summed E-state index contributed by atoms with van der Waals surface area (Å²) in [6.45, 7) is 0. The van der Waals surface area contributed by atoms with Gasteiger partial charge in [-0.15, -0.1) is 0 Å². The number of hydrogen-bond acceptors (Lipinski definition) is 2. The lowest BCUT2D eigenvalue weighted by molar-refractivity contribution is 0.666. The normalized spacial score (nSPS) is 16.2. The van der Waals surface area contributed by atoms with Gasteiger partial charge in [0.2, 0.25) is 0 Å². The van der Waals surface area contributed by atoms with Crippen LogP contribution in [0.2, 0.25) is 0 Å². The first-order valence-electron chi connectivity index (χ1n) is 16.1. The number of para-hydroxylation sites is 5. The van der Waals surface area contributed by atoms with E-state index in [1.54, 1.807) is 0 Å². The maximum Gasteiger partial charge on any atom is 0.150 e. The third-order valence-corrected chi connectivity index (χ3v) is 12.1. The first kappa shape index (κ1) is 25.9. The molecule has 1 spiro atoms. The van der Waals surface area contributed by atoms with Gasteiger partial charge in [-0.2, -0.15) is 0 Å². The minimum absolute atomic E-state index is 0.643. The minimum atomic E-state index is -0.643. The molecule has 3 aromatic heterocycles. The Morgan fingerprint density at radius 1 is 0.479 bits per heavy atom. The first-order valence-corrected chi connectivity index (χ1v) is 17.7. The van der Waals surface area contributed by atoms with E-state index >= 15 is 0 Å². The maximum absolute atomic E-state index is 6.94. The van der Waals surface area contributed by atoms with Crippen molar-refractivity contribution < 1.29 is 8.83 Å². The van der Waals surface area contributed by atoms with Crippen LogP contribution < -0.4 is 0 Å². The Hall–Kier alpha value is -5.10. The van der Waals surface area contributed by atoms with Crippen molar-refractivity contribution in [1.82, 2.24) is 4.57 Å². The highest BCUT2D eigenvalue weighted by molar-refractivity contribution is 9.11. The summed E-state index contributed by atoms with van der Waals surface area (Å²) in [5.74, 6) is 0. The molecule has 48 heavy (non-hydrogen) atoms. The fourth-order valence-corrected chi connectivity index (χ4v) is 10.4. The SMILES string of the molecule is Brc1cc2c(c3c1oc1ccccc13)-c1c(cc(Br)c3c1oc1ccccc13)C21c2ccccc2-n2c3ccccc3c3cccc1c32. The number of furan rings is 2. The lowest BCUT2D eigenvalue weighted by Crippen LogP contribution is -2.33. The molecular formula is C43H21Br2NO2. The fraction of sp³-hybridized carbons (Fsp3) is 0.0233. The van der Waals surface area contributed by atoms with Crippen molar-refractivity contribution in [1.29, 1.82) is 0 Å². The van der Waals surface area contributed by atoms with Crippen molar-refractivity contribution in [2.24, 2.45) is 0 Å². The number of halogens is 2. The van der Waals surface area contributed by atoms with Gasteiger partial charge in [-0.3, -0.25) is 0 Å². The molecule has 0 fully saturated rings. The van der Waals surface area contributed by atoms with Crippen LogP contribution in [0.4, 0.5) is 0 Å². The molecule has 2 aliphatic rings. The average Bonchev–Trinajstić information content (AvgIpc) is 3.86. The molecule has 1 atom stereocenters. The van der Waals surface area contributed by atoms with Crippen LogP contribution in [0.15, 0.2) is 145 Å². The Kier molecular flexibility index (Phi) is 4.68. The van der Waals surface area contributed by atoms with E-state index in [0.29, 0.717) is 0 Å². The topological polar surface area (TPSA) is 31.2 Å². The molecule has 0 radical (unpaired) electrons. The molecule has 0 saturated heterocycles. The van der Waals surface area contributed by atoms with Crippen LogP contribution >= 0.6 is 31.9 Å². The zero-order chi connectivity index (χ0) is 31.5. The third-order valence-electron chi connectivity index (χ3n) is 10.9. The summed E-state index contributed by atoms with van der Waals surface area (Å²) >= 11 is 8.11. The molecule has 224 valence electrons. The van der Waals surface area contributed by atoms with Crippen molar-refractivity contribution in [3.05, 3.63) is 159 Å². The number of hydrogen-bond donors (Lipinski definition) is 0. The summed E-state index contributed by atoms with van der Waals surface area (Å²) < 4.78 is 18.0. The van der Waals surface area contributed by atoms with Crippen LogP contribution in [0.3, 0.4) is 0 Å². The van der Waals surface area contributed by atoms with Gasteiger partial charge in [0, 0.05) is 47.9 Å². The second-order valence-corrected chi connectivity index (χ2v) is 14.7. The van der Waals surface area contributed by atoms with Crippen LogP contribution in [0, 0.1) is 0 Å². The zero-order valence-corrected chi connectivity index (χ0v) is 28.3. The molecule has 7 aromatic carbocycles. The smallest absolute Gasteiger partial charge is 0.150 e. The van der Waals surface area contributed by atoms with E-state index in [4.69, 9.17) is 8.83 Å². The van der Waals surface area contributed by atoms with Gasteiger partial charge in [0.05, 0.1) is 26.6 Å². The summed E-state index contributed by atoms with van der Waals surface area (Å²) in [4.78, 5) is 0. The summed E-state index contributed by atoms with van der Waals surface area (Å²) in [6, 6.07) is 46.0. The summed E-state index contributed by atoms with van der Waals surface area (Å²) in [6.07, 6.45) is 0. The number of benzene rings is 7. The second kappa shape index (κ2) is 8.67. The van der Waals surface area contributed by atoms with Gasteiger partial charge < -0.3 is 13.4 Å². The summed E-state index contributed by atoms with van der Waals surface area (Å²) in [5, 5.41) is 6.90. The lowest BCUT2D eigenvalue weighted by atomic mass is 9.65. The van der Waals surface area contributed by atoms with Crippen molar-refractivity contribution >= 4 is 97.5 Å². The Labute approximate surface area is 290 Å². The van der Waals surface area contributed by atoms with Crippen LogP contribution in [0.5, 0.6) is 0 Å². The predicted octanol–water partition coefficient (Wildman–Crippen LogP) is 12.8. The molecule has 0 amide bonds. The molecule has 1 aliphatic carbocycles. The van der Waals surface area contributed by atoms with Crippen LogP contribution in [0.25, 0.3) is 82.5 Å². The molecule has 3 nitrogen and oxygen atoms in total. The standard InChI is InChI=1S/C43H21Br2NO2/c44-30-20-29-39(42-36(30)24-11-2-7-18-34(24)48-42)38-28(21-31(45)41-37(38)25-12-3-8-19-35(25)47-41)43(29)26-14-4-6-17-33(26)46-32-16-5-1-10-22(32)23-13-9-15-27(43)40(23)46/h1-21H. The van der Waals surface area contributed by atoms with E-state index < -0.39 is 5.41 Å². The van der Waals surface area contributed by atoms with Crippen LogP contribution in [-0.4, -0.2) is 4.57 Å². The van der Waals surface area contributed by atoms with Crippen molar-refractivity contribution in [2.45, 2.75) is 5.41 Å². The summed E-state index contributed by atoms with van der Waals surface area (Å²) in [5.41, 5.74) is 13.7. The Morgan fingerprint density at radius 3 is 1.92 bits per heavy atom. The van der Waals surface area contributed by atoms with E-state index in [2.05, 4.69) is 152 Å². The van der Waals surface area contributed by atoms with Gasteiger partial charge >= 0.3 is 0 Å². The van der Waals surface area contributed by atoms with E-state index in [0.717, 1.165) is 58.4 Å². The molecule has 10 aromatic rings. The van der Waals surface area contributed by atoms with Gasteiger partial charge in [0.15, 0.2) is 0 Å². The molecule has 1 aliphatic heterocycles. The van der Waals surface area contributed by atoms with E-state index in [9.17, 15) is 0 Å². The van der Waals surface area contributed by atoms with Crippen molar-refractivity contribution in [3.63, 3.8) is 0 Å². The zero-order valence-electron chi connectivity index (χ0n) is 25.1. The lowest BCUT2D eigenvalue weighted by Gasteiger charge is -2.39. The predicted molar refractivity (Wildman–Crippen MR) is 202 cm³/mol. The van der Waals surface area contributed by atoms with E-state index in [-0.39, 0.29) is 0 Å². The highest BCUT2D eigenvalue weighted by Gasteiger charge is 2.53. The van der Waals surface area contributed by atoms with E-state index in [1.807, 2.05) is 12.1 Å². The van der Waals surface area contributed by atoms with Gasteiger partial charge in [0.25, 0.3) is 0 Å². The number of aromatic nitrogens is 1. The van der Waals surface area contributed by atoms with Gasteiger partial charge in [0.1, 0.15) is 22.3 Å². The highest BCUT2D eigenvalue weighted by Crippen LogP contribution is 2.65.